The van der Waals surface area contributed by atoms with Crippen molar-refractivity contribution in [2.45, 2.75) is 37.8 Å². The first-order valence-electron chi connectivity index (χ1n) is 12.5. The minimum atomic E-state index is -0.902. The summed E-state index contributed by atoms with van der Waals surface area (Å²) in [5, 5.41) is 3.67. The molecule has 8 heteroatoms. The Morgan fingerprint density at radius 3 is 2.42 bits per heavy atom. The Morgan fingerprint density at radius 1 is 1.00 bits per heavy atom. The van der Waals surface area contributed by atoms with E-state index in [2.05, 4.69) is 10.2 Å². The highest BCUT2D eigenvalue weighted by atomic mass is 35.5. The van der Waals surface area contributed by atoms with Crippen molar-refractivity contribution in [1.82, 2.24) is 5.32 Å². The summed E-state index contributed by atoms with van der Waals surface area (Å²) in [5.41, 5.74) is 2.29. The van der Waals surface area contributed by atoms with E-state index in [9.17, 15) is 9.59 Å². The van der Waals surface area contributed by atoms with Crippen molar-refractivity contribution in [1.29, 1.82) is 0 Å². The van der Waals surface area contributed by atoms with Crippen molar-refractivity contribution in [3.05, 3.63) is 83.3 Å². The second-order valence-corrected chi connectivity index (χ2v) is 9.65. The lowest BCUT2D eigenvalue weighted by atomic mass is 10.0. The smallest absolute Gasteiger partial charge is 0.294 e. The number of benzene rings is 2. The number of amides is 2. The minimum Gasteiger partial charge on any atom is -0.459 e. The number of carbonyl (C=O) groups excluding carboxylic acids is 2. The maximum absolute atomic E-state index is 13.9. The van der Waals surface area contributed by atoms with Gasteiger partial charge in [0.1, 0.15) is 6.04 Å². The van der Waals surface area contributed by atoms with Crippen LogP contribution in [0.3, 0.4) is 0 Å². The quantitative estimate of drug-likeness (QED) is 0.474. The molecule has 2 aromatic carbocycles. The maximum Gasteiger partial charge on any atom is 0.294 e. The number of furan rings is 1. The van der Waals surface area contributed by atoms with Gasteiger partial charge in [0.2, 0.25) is 5.91 Å². The molecule has 188 valence electrons. The average molecular weight is 508 g/mol. The summed E-state index contributed by atoms with van der Waals surface area (Å²) in [7, 11) is 0. The number of morpholine rings is 1. The van der Waals surface area contributed by atoms with Crippen molar-refractivity contribution in [3.8, 4) is 0 Å². The summed E-state index contributed by atoms with van der Waals surface area (Å²) in [6.45, 7) is 3.01. The predicted molar refractivity (Wildman–Crippen MR) is 140 cm³/mol. The molecule has 2 amide bonds. The molecule has 3 aromatic rings. The van der Waals surface area contributed by atoms with E-state index in [1.54, 1.807) is 36.4 Å². The standard InChI is InChI=1S/C28H30ClN3O4/c29-21-5-3-8-24(19-21)32(28(34)25-9-4-16-36-25)26(27(33)30-22-6-1-2-7-22)20-10-12-23(13-11-20)31-14-17-35-18-15-31/h3-5,8-13,16,19,22,26H,1-2,6-7,14-15,17-18H2,(H,30,33). The van der Waals surface area contributed by atoms with Crippen LogP contribution >= 0.6 is 11.6 Å². The van der Waals surface area contributed by atoms with E-state index in [1.807, 2.05) is 24.3 Å². The Morgan fingerprint density at radius 2 is 1.75 bits per heavy atom. The van der Waals surface area contributed by atoms with Gasteiger partial charge in [0.05, 0.1) is 19.5 Å². The fourth-order valence-corrected chi connectivity index (χ4v) is 5.17. The van der Waals surface area contributed by atoms with Gasteiger partial charge < -0.3 is 19.4 Å². The summed E-state index contributed by atoms with van der Waals surface area (Å²) < 4.78 is 10.9. The van der Waals surface area contributed by atoms with Crippen LogP contribution in [0.4, 0.5) is 11.4 Å². The van der Waals surface area contributed by atoms with Gasteiger partial charge in [-0.25, -0.2) is 0 Å². The van der Waals surface area contributed by atoms with Crippen LogP contribution in [-0.4, -0.2) is 44.2 Å². The summed E-state index contributed by atoms with van der Waals surface area (Å²) in [6, 6.07) is 17.3. The van der Waals surface area contributed by atoms with Gasteiger partial charge in [-0.2, -0.15) is 0 Å². The highest BCUT2D eigenvalue weighted by Gasteiger charge is 2.36. The molecule has 0 radical (unpaired) electrons. The normalized spacial score (nSPS) is 17.1. The van der Waals surface area contributed by atoms with Gasteiger partial charge in [-0.05, 0) is 60.9 Å². The number of nitrogens with zero attached hydrogens (tertiary/aromatic N) is 2. The Kier molecular flexibility index (Phi) is 7.58. The van der Waals surface area contributed by atoms with Crippen molar-refractivity contribution in [3.63, 3.8) is 0 Å². The number of rotatable bonds is 7. The molecule has 2 heterocycles. The van der Waals surface area contributed by atoms with E-state index < -0.39 is 11.9 Å². The molecule has 2 aliphatic rings. The fraction of sp³-hybridized carbons (Fsp3) is 0.357. The molecule has 1 N–H and O–H groups in total. The number of anilines is 2. The maximum atomic E-state index is 13.9. The van der Waals surface area contributed by atoms with Crippen LogP contribution in [0.1, 0.15) is 47.8 Å². The van der Waals surface area contributed by atoms with Crippen LogP contribution in [0.2, 0.25) is 5.02 Å². The topological polar surface area (TPSA) is 75.0 Å². The molecule has 1 aliphatic heterocycles. The second kappa shape index (κ2) is 11.2. The highest BCUT2D eigenvalue weighted by Crippen LogP contribution is 2.33. The number of hydrogen-bond acceptors (Lipinski definition) is 5. The molecule has 1 atom stereocenters. The monoisotopic (exact) mass is 507 g/mol. The van der Waals surface area contributed by atoms with E-state index in [1.165, 1.54) is 11.2 Å². The Labute approximate surface area is 216 Å². The second-order valence-electron chi connectivity index (χ2n) is 9.22. The van der Waals surface area contributed by atoms with Crippen LogP contribution in [-0.2, 0) is 9.53 Å². The molecule has 1 saturated carbocycles. The third-order valence-electron chi connectivity index (χ3n) is 6.83. The summed E-state index contributed by atoms with van der Waals surface area (Å²) >= 11 is 6.32. The third kappa shape index (κ3) is 5.42. The third-order valence-corrected chi connectivity index (χ3v) is 7.07. The average Bonchev–Trinajstić information content (AvgIpc) is 3.62. The minimum absolute atomic E-state index is 0.104. The molecule has 0 bridgehead atoms. The molecule has 0 spiro atoms. The molecule has 1 unspecified atom stereocenters. The first-order valence-corrected chi connectivity index (χ1v) is 12.8. The molecule has 5 rings (SSSR count). The summed E-state index contributed by atoms with van der Waals surface area (Å²) in [6.07, 6.45) is 5.52. The van der Waals surface area contributed by atoms with Crippen molar-refractivity contribution < 1.29 is 18.7 Å². The van der Waals surface area contributed by atoms with Gasteiger partial charge >= 0.3 is 0 Å². The van der Waals surface area contributed by atoms with E-state index in [0.29, 0.717) is 29.5 Å². The molecule has 1 aliphatic carbocycles. The lowest BCUT2D eigenvalue weighted by Gasteiger charge is -2.33. The summed E-state index contributed by atoms with van der Waals surface area (Å²) in [5.74, 6) is -0.481. The zero-order valence-electron chi connectivity index (χ0n) is 20.1. The molecular weight excluding hydrogens is 478 g/mol. The highest BCUT2D eigenvalue weighted by molar-refractivity contribution is 6.31. The van der Waals surface area contributed by atoms with E-state index in [-0.39, 0.29) is 17.7 Å². The van der Waals surface area contributed by atoms with Crippen LogP contribution in [0, 0.1) is 0 Å². The van der Waals surface area contributed by atoms with Gasteiger partial charge in [0, 0.05) is 35.5 Å². The zero-order valence-corrected chi connectivity index (χ0v) is 20.8. The summed E-state index contributed by atoms with van der Waals surface area (Å²) in [4.78, 5) is 31.4. The number of nitrogens with one attached hydrogen (secondary N) is 1. The Balaban J connectivity index is 1.55. The lowest BCUT2D eigenvalue weighted by molar-refractivity contribution is -0.123. The van der Waals surface area contributed by atoms with Crippen molar-refractivity contribution >= 4 is 34.8 Å². The van der Waals surface area contributed by atoms with Gasteiger partial charge in [-0.1, -0.05) is 42.6 Å². The first-order chi connectivity index (χ1) is 17.6. The number of carbonyl (C=O) groups is 2. The molecule has 36 heavy (non-hydrogen) atoms. The van der Waals surface area contributed by atoms with Crippen LogP contribution < -0.4 is 15.1 Å². The van der Waals surface area contributed by atoms with Gasteiger partial charge in [-0.3, -0.25) is 14.5 Å². The van der Waals surface area contributed by atoms with Crippen LogP contribution in [0.25, 0.3) is 0 Å². The fourth-order valence-electron chi connectivity index (χ4n) is 4.99. The first kappa shape index (κ1) is 24.4. The van der Waals surface area contributed by atoms with Crippen LogP contribution in [0.15, 0.2) is 71.3 Å². The van der Waals surface area contributed by atoms with Gasteiger partial charge in [-0.15, -0.1) is 0 Å². The number of hydrogen-bond donors (Lipinski definition) is 1. The van der Waals surface area contributed by atoms with E-state index in [4.69, 9.17) is 20.8 Å². The SMILES string of the molecule is O=C(NC1CCCC1)C(c1ccc(N2CCOCC2)cc1)N(C(=O)c1ccco1)c1cccc(Cl)c1. The van der Waals surface area contributed by atoms with Gasteiger partial charge in [0.15, 0.2) is 5.76 Å². The van der Waals surface area contributed by atoms with Crippen molar-refractivity contribution in [2.24, 2.45) is 0 Å². The molecule has 1 saturated heterocycles. The number of ether oxygens (including phenoxy) is 1. The van der Waals surface area contributed by atoms with E-state index >= 15 is 0 Å². The molecule has 2 fully saturated rings. The van der Waals surface area contributed by atoms with Gasteiger partial charge in [0.25, 0.3) is 5.91 Å². The number of halogens is 1. The molecule has 1 aromatic heterocycles. The molecular formula is C28H30ClN3O4. The van der Waals surface area contributed by atoms with E-state index in [0.717, 1.165) is 44.5 Å². The zero-order chi connectivity index (χ0) is 24.9. The Bertz CT molecular complexity index is 1170. The van der Waals surface area contributed by atoms with Crippen LogP contribution in [0.5, 0.6) is 0 Å². The largest absolute Gasteiger partial charge is 0.459 e. The predicted octanol–water partition coefficient (Wildman–Crippen LogP) is 5.22. The van der Waals surface area contributed by atoms with Crippen molar-refractivity contribution in [2.75, 3.05) is 36.1 Å². The lowest BCUT2D eigenvalue weighted by Crippen LogP contribution is -2.46. The Hall–Kier alpha value is -3.29. The molecule has 7 nitrogen and oxygen atoms in total.